The minimum Gasteiger partial charge on any atom is -0.481 e. The van der Waals surface area contributed by atoms with Crippen LogP contribution in [0, 0.1) is 34.0 Å². The molecule has 16 nitrogen and oxygen atoms in total. The third-order valence-electron chi connectivity index (χ3n) is 11.3. The van der Waals surface area contributed by atoms with Gasteiger partial charge in [0, 0.05) is 59.9 Å². The van der Waals surface area contributed by atoms with E-state index in [1.54, 1.807) is 103 Å². The number of nitrogens with zero attached hydrogens (tertiary/aromatic N) is 3. The van der Waals surface area contributed by atoms with E-state index in [1.165, 1.54) is 28.3 Å². The first-order valence-corrected chi connectivity index (χ1v) is 26.9. The topological polar surface area (TPSA) is 266 Å². The molecule has 88 heavy (non-hydrogen) atoms. The van der Waals surface area contributed by atoms with Crippen molar-refractivity contribution < 1.29 is 53.0 Å². The van der Waals surface area contributed by atoms with Gasteiger partial charge in [-0.3, -0.25) is 24.0 Å². The Morgan fingerprint density at radius 2 is 0.795 bits per heavy atom. The number of carboxylic acids is 1. The zero-order valence-corrected chi connectivity index (χ0v) is 52.4. The lowest BCUT2D eigenvalue weighted by Crippen LogP contribution is -2.13. The molecule has 4 N–H and O–H groups in total. The molecular formula is C69H61BBrIN5O11. The van der Waals surface area contributed by atoms with Crippen LogP contribution in [0.5, 0.6) is 0 Å². The van der Waals surface area contributed by atoms with Crippen molar-refractivity contribution in [1.82, 2.24) is 0 Å². The Balaban J connectivity index is 0.000000382. The molecule has 0 aromatic heterocycles. The molecule has 0 saturated heterocycles. The number of nitriles is 3. The van der Waals surface area contributed by atoms with Crippen LogP contribution in [0.25, 0.3) is 22.3 Å². The second-order valence-electron chi connectivity index (χ2n) is 17.4. The molecule has 9 rings (SSSR count). The monoisotopic (exact) mass is 1350 g/mol. The highest BCUT2D eigenvalue weighted by Gasteiger charge is 2.15. The van der Waals surface area contributed by atoms with Gasteiger partial charge in [-0.1, -0.05) is 162 Å². The number of carbonyl (C=O) groups is 6. The van der Waals surface area contributed by atoms with Crippen LogP contribution in [0.1, 0.15) is 77.5 Å². The van der Waals surface area contributed by atoms with Gasteiger partial charge in [0.25, 0.3) is 17.8 Å². The lowest BCUT2D eigenvalue weighted by molar-refractivity contribution is -0.138. The predicted molar refractivity (Wildman–Crippen MR) is 354 cm³/mol. The van der Waals surface area contributed by atoms with Gasteiger partial charge in [-0.25, -0.2) is 4.79 Å². The summed E-state index contributed by atoms with van der Waals surface area (Å²) < 4.78 is 13.4. The Hall–Kier alpha value is -10.3. The largest absolute Gasteiger partial charge is 0.484 e. The number of benzene rings is 9. The number of hydrogen-bond acceptors (Lipinski definition) is 13. The first kappa shape index (κ1) is 73.8. The number of nitrogens with one attached hydrogen (secondary N) is 2. The van der Waals surface area contributed by atoms with E-state index >= 15 is 0 Å². The van der Waals surface area contributed by atoms with Crippen LogP contribution in [0.3, 0.4) is 0 Å². The van der Waals surface area contributed by atoms with Crippen LogP contribution in [-0.2, 0) is 30.1 Å². The number of ether oxygens (including phenoxy) is 2. The van der Waals surface area contributed by atoms with Crippen molar-refractivity contribution in [3.05, 3.63) is 286 Å². The average molecular weight is 1350 g/mol. The summed E-state index contributed by atoms with van der Waals surface area (Å²) in [4.78, 5) is 66.6. The van der Waals surface area contributed by atoms with Gasteiger partial charge in [0.15, 0.2) is 5.78 Å². The lowest BCUT2D eigenvalue weighted by Gasteiger charge is -2.10. The first-order valence-electron chi connectivity index (χ1n) is 26.1. The number of aliphatic carboxylic acids is 1. The smallest absolute Gasteiger partial charge is 0.481 e. The number of ketones is 1. The van der Waals surface area contributed by atoms with E-state index in [-0.39, 0.29) is 53.5 Å². The van der Waals surface area contributed by atoms with Crippen molar-refractivity contribution in [3.63, 3.8) is 0 Å². The van der Waals surface area contributed by atoms with Gasteiger partial charge in [-0.15, -0.1) is 24.0 Å². The molecule has 2 amide bonds. The Morgan fingerprint density at radius 3 is 1.12 bits per heavy atom. The molecule has 0 heterocycles. The van der Waals surface area contributed by atoms with E-state index in [9.17, 15) is 24.0 Å². The summed E-state index contributed by atoms with van der Waals surface area (Å²) in [6.07, 6.45) is 0.342. The first-order chi connectivity index (χ1) is 42.0. The van der Waals surface area contributed by atoms with Crippen molar-refractivity contribution in [2.45, 2.75) is 20.3 Å². The van der Waals surface area contributed by atoms with Crippen LogP contribution < -0.4 is 10.6 Å². The van der Waals surface area contributed by atoms with Gasteiger partial charge in [-0.05, 0) is 119 Å². The molecule has 0 unspecified atom stereocenters. The highest BCUT2D eigenvalue weighted by Crippen LogP contribution is 2.26. The van der Waals surface area contributed by atoms with E-state index in [2.05, 4.69) is 58.9 Å². The third-order valence-corrected chi connectivity index (χ3v) is 12.0. The summed E-state index contributed by atoms with van der Waals surface area (Å²) in [5, 5.41) is 47.0. The average Bonchev–Trinajstić information content (AvgIpc) is 1.80. The fourth-order valence-electron chi connectivity index (χ4n) is 7.11. The maximum Gasteiger partial charge on any atom is 0.484 e. The van der Waals surface area contributed by atoms with Crippen LogP contribution in [0.4, 0.5) is 11.4 Å². The number of carboxylic acid groups (broad SMARTS) is 1. The van der Waals surface area contributed by atoms with Gasteiger partial charge < -0.3 is 34.9 Å². The van der Waals surface area contributed by atoms with Crippen molar-refractivity contribution >= 4 is 94.5 Å². The SMILES string of the molecule is CC(=O)O.COC(=O)c1ccccc1.COC(C)=O.CO[B]O.I.N#Cc1ccc(CC(=O)c2ccccc2Br)cc1.N#Cc1ccc(NC(=O)c2ccccc2-c2ccccc2)cc1.N#Cc1ccc(NC(=O)c2ccccc2-c2ccccc2)cc1. The number of carbonyl (C=O) groups excluding carboxylic acids is 5. The Labute approximate surface area is 538 Å². The molecule has 1 radical (unpaired) electrons. The standard InChI is InChI=1S/2C20H14N2O.C15H10BrNO.C8H8O2.C3H6O2.C2H4O2.CH4BO2.HI/c2*21-14-15-10-12-17(13-11-15)22-20(23)19-9-5-4-8-18(19)16-6-2-1-3-7-16;16-14-4-2-1-3-13(14)15(18)9-11-5-7-12(10-17)8-6-11;1-10-8(9)7-5-3-2-4-6-7;1-3(4)5-2;1-2(3)4;1-4-2-3;/h2*1-13H,(H,22,23);1-8H,9H2;2-6H,1H3;1-2H3;1H3,(H,3,4);3H,1H3;1H. The number of rotatable bonds is 11. The molecule has 0 spiro atoms. The maximum atomic E-state index is 12.6. The van der Waals surface area contributed by atoms with Crippen molar-refractivity contribution in [2.75, 3.05) is 32.0 Å². The number of methoxy groups -OCH3 is 2. The summed E-state index contributed by atoms with van der Waals surface area (Å²) in [5.74, 6) is -1.65. The third kappa shape index (κ3) is 27.6. The maximum absolute atomic E-state index is 12.6. The minimum atomic E-state index is -0.833. The van der Waals surface area contributed by atoms with Crippen molar-refractivity contribution in [3.8, 4) is 40.5 Å². The van der Waals surface area contributed by atoms with E-state index in [4.69, 9.17) is 30.7 Å². The Bertz CT molecular complexity index is 3590. The highest BCUT2D eigenvalue weighted by atomic mass is 127. The van der Waals surface area contributed by atoms with E-state index < -0.39 is 5.97 Å². The number of amides is 2. The molecule has 0 bridgehead atoms. The van der Waals surface area contributed by atoms with Crippen LogP contribution in [0.15, 0.2) is 241 Å². The number of esters is 2. The fourth-order valence-corrected chi connectivity index (χ4v) is 7.62. The summed E-state index contributed by atoms with van der Waals surface area (Å²) in [5.41, 5.74) is 10.2. The minimum absolute atomic E-state index is 0. The Morgan fingerprint density at radius 1 is 0.477 bits per heavy atom. The van der Waals surface area contributed by atoms with Crippen molar-refractivity contribution in [1.29, 1.82) is 15.8 Å². The molecule has 0 aliphatic heterocycles. The molecule has 9 aromatic carbocycles. The molecule has 19 heteroatoms. The normalized spacial score (nSPS) is 9.14. The summed E-state index contributed by atoms with van der Waals surface area (Å²) in [6.45, 7) is 2.44. The van der Waals surface area contributed by atoms with Gasteiger partial charge in [0.2, 0.25) is 0 Å². The number of hydrogen-bond donors (Lipinski definition) is 4. The number of Topliss-reactive ketones (excluding diaryl/α,β-unsaturated/α-hetero) is 1. The molecule has 0 aliphatic carbocycles. The van der Waals surface area contributed by atoms with Crippen LogP contribution in [-0.4, -0.2) is 74.7 Å². The van der Waals surface area contributed by atoms with E-state index in [0.29, 0.717) is 64.4 Å². The molecule has 9 aromatic rings. The van der Waals surface area contributed by atoms with E-state index in [0.717, 1.165) is 39.2 Å². The van der Waals surface area contributed by atoms with Crippen LogP contribution >= 0.6 is 39.9 Å². The molecule has 0 saturated carbocycles. The van der Waals surface area contributed by atoms with Gasteiger partial charge in [0.1, 0.15) is 0 Å². The predicted octanol–water partition coefficient (Wildman–Crippen LogP) is 14.2. The second-order valence-corrected chi connectivity index (χ2v) is 18.3. The summed E-state index contributed by atoms with van der Waals surface area (Å²) in [7, 11) is 4.72. The molecule has 445 valence electrons. The number of halogens is 2. The molecule has 0 aliphatic rings. The van der Waals surface area contributed by atoms with Gasteiger partial charge in [0.05, 0.1) is 54.7 Å². The van der Waals surface area contributed by atoms with Crippen molar-refractivity contribution in [2.24, 2.45) is 0 Å². The van der Waals surface area contributed by atoms with Gasteiger partial charge in [-0.2, -0.15) is 15.8 Å². The lowest BCUT2D eigenvalue weighted by atomic mass is 9.99. The zero-order valence-electron chi connectivity index (χ0n) is 48.5. The second kappa shape index (κ2) is 42.5. The van der Waals surface area contributed by atoms with Crippen LogP contribution in [0.2, 0.25) is 0 Å². The summed E-state index contributed by atoms with van der Waals surface area (Å²) >= 11 is 3.37. The fraction of sp³-hybridized carbons (Fsp3) is 0.0870. The quantitative estimate of drug-likeness (QED) is 0.0406. The number of anilines is 2. The molecular weight excluding hydrogens is 1290 g/mol. The Kier molecular flexibility index (Phi) is 35.6. The summed E-state index contributed by atoms with van der Waals surface area (Å²) in [6, 6.07) is 77.7. The van der Waals surface area contributed by atoms with Gasteiger partial charge >= 0.3 is 19.6 Å². The van der Waals surface area contributed by atoms with E-state index in [1.807, 2.05) is 133 Å². The zero-order chi connectivity index (χ0) is 63.8. The molecule has 0 atom stereocenters. The molecule has 0 fully saturated rings. The highest BCUT2D eigenvalue weighted by molar-refractivity contribution is 14.0.